The van der Waals surface area contributed by atoms with Crippen molar-refractivity contribution in [3.05, 3.63) is 91.3 Å². The normalized spacial score (nSPS) is 10.6. The van der Waals surface area contributed by atoms with E-state index in [-0.39, 0.29) is 9.79 Å². The first-order chi connectivity index (χ1) is 11.8. The fraction of sp³-hybridized carbons (Fsp3) is 0.0500. The summed E-state index contributed by atoms with van der Waals surface area (Å²) in [5.41, 5.74) is 2.55. The van der Waals surface area contributed by atoms with Gasteiger partial charge in [0.2, 0.25) is 9.84 Å². The lowest BCUT2D eigenvalue weighted by atomic mass is 10.2. The van der Waals surface area contributed by atoms with Crippen LogP contribution < -0.4 is 4.90 Å². The van der Waals surface area contributed by atoms with E-state index in [4.69, 9.17) is 5.26 Å². The molecule has 0 aromatic heterocycles. The lowest BCUT2D eigenvalue weighted by molar-refractivity contribution is 0.596. The molecule has 0 radical (unpaired) electrons. The molecular weight excluding hydrogens is 332 g/mol. The van der Waals surface area contributed by atoms with E-state index < -0.39 is 9.84 Å². The number of anilines is 1. The molecule has 2 rings (SSSR count). The molecule has 0 aliphatic heterocycles. The Morgan fingerprint density at radius 1 is 1.04 bits per heavy atom. The molecule has 25 heavy (non-hydrogen) atoms. The second-order valence-electron chi connectivity index (χ2n) is 5.40. The molecule has 0 spiro atoms. The first kappa shape index (κ1) is 18.2. The Labute approximate surface area is 148 Å². The highest BCUT2D eigenvalue weighted by Gasteiger charge is 2.18. The van der Waals surface area contributed by atoms with E-state index in [1.807, 2.05) is 13.0 Å². The number of hydrogen-bond donors (Lipinski definition) is 0. The maximum Gasteiger partial charge on any atom is 0.206 e. The van der Waals surface area contributed by atoms with Crippen LogP contribution in [-0.2, 0) is 9.84 Å². The molecule has 126 valence electrons. The van der Waals surface area contributed by atoms with E-state index in [1.54, 1.807) is 23.1 Å². The van der Waals surface area contributed by atoms with Gasteiger partial charge in [0, 0.05) is 17.1 Å². The van der Waals surface area contributed by atoms with Crippen LogP contribution in [0.4, 0.5) is 5.69 Å². The van der Waals surface area contributed by atoms with Gasteiger partial charge in [-0.15, -0.1) is 0 Å². The van der Waals surface area contributed by atoms with Crippen molar-refractivity contribution in [1.29, 1.82) is 5.26 Å². The van der Waals surface area contributed by atoms with Crippen molar-refractivity contribution in [2.75, 3.05) is 4.90 Å². The van der Waals surface area contributed by atoms with Crippen molar-refractivity contribution in [3.63, 3.8) is 0 Å². The van der Waals surface area contributed by atoms with Crippen LogP contribution in [0.2, 0.25) is 0 Å². The molecule has 0 bridgehead atoms. The molecule has 0 atom stereocenters. The van der Waals surface area contributed by atoms with Gasteiger partial charge < -0.3 is 4.90 Å². The third-order valence-corrected chi connectivity index (χ3v) is 5.39. The molecule has 0 fully saturated rings. The second kappa shape index (κ2) is 7.20. The summed E-state index contributed by atoms with van der Waals surface area (Å²) in [6.45, 7) is 13.3. The minimum Gasteiger partial charge on any atom is -0.316 e. The van der Waals surface area contributed by atoms with Crippen LogP contribution in [0.15, 0.2) is 95.5 Å². The van der Waals surface area contributed by atoms with Crippen molar-refractivity contribution < 1.29 is 8.42 Å². The van der Waals surface area contributed by atoms with Crippen LogP contribution in [0.1, 0.15) is 12.5 Å². The number of nitrogens with zero attached hydrogens (tertiary/aromatic N) is 2. The summed E-state index contributed by atoms with van der Waals surface area (Å²) in [7, 11) is -3.65. The molecule has 0 aliphatic rings. The molecule has 0 amide bonds. The maximum atomic E-state index is 12.7. The fourth-order valence-electron chi connectivity index (χ4n) is 2.34. The highest BCUT2D eigenvalue weighted by Crippen LogP contribution is 2.27. The Hall–Kier alpha value is -3.10. The monoisotopic (exact) mass is 350 g/mol. The van der Waals surface area contributed by atoms with Gasteiger partial charge >= 0.3 is 0 Å². The van der Waals surface area contributed by atoms with E-state index in [9.17, 15) is 8.42 Å². The fourth-order valence-corrected chi connectivity index (χ4v) is 3.60. The molecule has 2 aromatic carbocycles. The second-order valence-corrected chi connectivity index (χ2v) is 7.35. The lowest BCUT2D eigenvalue weighted by Gasteiger charge is -2.25. The standard InChI is InChI=1S/C20H18N2O2S/c1-5-16(4)22(15(2)3)18-8-12-20(13-9-18)25(23,24)19-10-6-17(14-21)7-11-19/h5-13H,1-2,4H2,3H3. The zero-order chi connectivity index (χ0) is 18.6. The molecule has 0 unspecified atom stereocenters. The zero-order valence-electron chi connectivity index (χ0n) is 13.9. The molecule has 0 aliphatic carbocycles. The average Bonchev–Trinajstić information content (AvgIpc) is 2.62. The first-order valence-electron chi connectivity index (χ1n) is 7.43. The van der Waals surface area contributed by atoms with E-state index in [0.717, 1.165) is 11.4 Å². The summed E-state index contributed by atoms with van der Waals surface area (Å²) in [6, 6.07) is 14.3. The van der Waals surface area contributed by atoms with Crippen LogP contribution in [0, 0.1) is 11.3 Å². The Bertz CT molecular complexity index is 964. The number of hydrogen-bond acceptors (Lipinski definition) is 4. The summed E-state index contributed by atoms with van der Waals surface area (Å²) < 4.78 is 25.4. The van der Waals surface area contributed by atoms with E-state index >= 15 is 0 Å². The van der Waals surface area contributed by atoms with Gasteiger partial charge in [-0.2, -0.15) is 5.26 Å². The quantitative estimate of drug-likeness (QED) is 0.723. The third-order valence-electron chi connectivity index (χ3n) is 3.60. The summed E-state index contributed by atoms with van der Waals surface area (Å²) in [6.07, 6.45) is 1.61. The van der Waals surface area contributed by atoms with Crippen molar-refractivity contribution in [2.24, 2.45) is 0 Å². The Morgan fingerprint density at radius 2 is 1.52 bits per heavy atom. The van der Waals surface area contributed by atoms with Gasteiger partial charge in [0.05, 0.1) is 21.4 Å². The number of benzene rings is 2. The number of rotatable bonds is 6. The average molecular weight is 350 g/mol. The van der Waals surface area contributed by atoms with Crippen molar-refractivity contribution in [3.8, 4) is 6.07 Å². The van der Waals surface area contributed by atoms with Crippen LogP contribution in [0.3, 0.4) is 0 Å². The van der Waals surface area contributed by atoms with E-state index in [2.05, 4.69) is 19.7 Å². The van der Waals surface area contributed by atoms with Crippen LogP contribution >= 0.6 is 0 Å². The van der Waals surface area contributed by atoms with Gasteiger partial charge in [-0.25, -0.2) is 8.42 Å². The number of sulfone groups is 1. The predicted molar refractivity (Wildman–Crippen MR) is 99.7 cm³/mol. The molecule has 0 heterocycles. The van der Waals surface area contributed by atoms with Crippen LogP contribution in [-0.4, -0.2) is 8.42 Å². The predicted octanol–water partition coefficient (Wildman–Crippen LogP) is 4.43. The summed E-state index contributed by atoms with van der Waals surface area (Å²) >= 11 is 0. The summed E-state index contributed by atoms with van der Waals surface area (Å²) in [5.74, 6) is 0. The Kier molecular flexibility index (Phi) is 5.26. The minimum atomic E-state index is -3.65. The molecule has 0 N–H and O–H groups in total. The highest BCUT2D eigenvalue weighted by molar-refractivity contribution is 7.91. The van der Waals surface area contributed by atoms with Crippen molar-refractivity contribution in [2.45, 2.75) is 16.7 Å². The van der Waals surface area contributed by atoms with E-state index in [1.165, 1.54) is 36.4 Å². The first-order valence-corrected chi connectivity index (χ1v) is 8.92. The molecular formula is C20H18N2O2S. The number of nitriles is 1. The molecule has 5 heteroatoms. The topological polar surface area (TPSA) is 61.2 Å². The van der Waals surface area contributed by atoms with E-state index in [0.29, 0.717) is 11.3 Å². The Morgan fingerprint density at radius 3 is 1.92 bits per heavy atom. The van der Waals surface area contributed by atoms with Gasteiger partial charge in [0.15, 0.2) is 0 Å². The largest absolute Gasteiger partial charge is 0.316 e. The van der Waals surface area contributed by atoms with Gasteiger partial charge in [-0.1, -0.05) is 19.7 Å². The highest BCUT2D eigenvalue weighted by atomic mass is 32.2. The maximum absolute atomic E-state index is 12.7. The molecule has 0 saturated carbocycles. The summed E-state index contributed by atoms with van der Waals surface area (Å²) in [4.78, 5) is 2.10. The Balaban J connectivity index is 2.41. The van der Waals surface area contributed by atoms with Gasteiger partial charge in [0.25, 0.3) is 0 Å². The minimum absolute atomic E-state index is 0.145. The SMILES string of the molecule is C=CC(=C)N(C(=C)C)c1ccc(S(=O)(=O)c2ccc(C#N)cc2)cc1. The van der Waals surface area contributed by atoms with Crippen LogP contribution in [0.25, 0.3) is 0 Å². The smallest absolute Gasteiger partial charge is 0.206 e. The third kappa shape index (κ3) is 3.70. The molecule has 4 nitrogen and oxygen atoms in total. The van der Waals surface area contributed by atoms with Gasteiger partial charge in [0.1, 0.15) is 0 Å². The van der Waals surface area contributed by atoms with Crippen molar-refractivity contribution in [1.82, 2.24) is 0 Å². The number of allylic oxidation sites excluding steroid dienone is 2. The molecule has 2 aromatic rings. The molecule has 0 saturated heterocycles. The van der Waals surface area contributed by atoms with Crippen LogP contribution in [0.5, 0.6) is 0 Å². The van der Waals surface area contributed by atoms with Gasteiger partial charge in [-0.05, 0) is 61.5 Å². The van der Waals surface area contributed by atoms with Gasteiger partial charge in [-0.3, -0.25) is 0 Å². The zero-order valence-corrected chi connectivity index (χ0v) is 14.8. The lowest BCUT2D eigenvalue weighted by Crippen LogP contribution is -2.17. The van der Waals surface area contributed by atoms with Crippen molar-refractivity contribution >= 4 is 15.5 Å². The summed E-state index contributed by atoms with van der Waals surface area (Å²) in [5, 5.41) is 8.82.